The van der Waals surface area contributed by atoms with Crippen molar-refractivity contribution in [3.05, 3.63) is 98.7 Å². The Balaban J connectivity index is 1.84. The first-order chi connectivity index (χ1) is 15.1. The van der Waals surface area contributed by atoms with Crippen LogP contribution >= 0.6 is 31.9 Å². The lowest BCUT2D eigenvalue weighted by Crippen LogP contribution is -2.07. The first-order valence-electron chi connectivity index (χ1n) is 9.97. The number of nitrogens with zero attached hydrogens (tertiary/aromatic N) is 2. The van der Waals surface area contributed by atoms with E-state index in [0.717, 1.165) is 39.9 Å². The molecular formula is C25H20Br2N2O2. The maximum atomic E-state index is 13.0. The molecule has 0 fully saturated rings. The summed E-state index contributed by atoms with van der Waals surface area (Å²) >= 11 is 7.02. The first-order valence-corrected chi connectivity index (χ1v) is 11.6. The van der Waals surface area contributed by atoms with Gasteiger partial charge < -0.3 is 9.30 Å². The minimum Gasteiger partial charge on any atom is -0.422 e. The molecule has 4 nitrogen and oxygen atoms in total. The molecule has 0 aliphatic heterocycles. The molecule has 0 saturated carbocycles. The van der Waals surface area contributed by atoms with Gasteiger partial charge in [0.05, 0.1) is 16.6 Å². The molecule has 0 radical (unpaired) electrons. The molecular weight excluding hydrogens is 520 g/mol. The number of halogens is 2. The van der Waals surface area contributed by atoms with Gasteiger partial charge in [0.15, 0.2) is 0 Å². The van der Waals surface area contributed by atoms with Crippen molar-refractivity contribution in [2.75, 3.05) is 0 Å². The van der Waals surface area contributed by atoms with Gasteiger partial charge in [0.1, 0.15) is 11.6 Å². The highest BCUT2D eigenvalue weighted by Crippen LogP contribution is 2.30. The number of aryl methyl sites for hydroxylation is 1. The highest BCUT2D eigenvalue weighted by atomic mass is 79.9. The number of fused-ring (bicyclic) bond motifs is 1. The Morgan fingerprint density at radius 2 is 1.55 bits per heavy atom. The highest BCUT2D eigenvalue weighted by molar-refractivity contribution is 9.10. The molecule has 0 aliphatic carbocycles. The summed E-state index contributed by atoms with van der Waals surface area (Å²) in [5, 5.41) is 0. The number of para-hydroxylation sites is 2. The third-order valence-corrected chi connectivity index (χ3v) is 6.21. The second-order valence-corrected chi connectivity index (χ2v) is 8.68. The fraction of sp³-hybridized carbons (Fsp3) is 0.120. The fourth-order valence-corrected chi connectivity index (χ4v) is 4.31. The lowest BCUT2D eigenvalue weighted by Gasteiger charge is -2.12. The zero-order valence-corrected chi connectivity index (χ0v) is 20.1. The van der Waals surface area contributed by atoms with Crippen LogP contribution in [0.3, 0.4) is 0 Å². The van der Waals surface area contributed by atoms with Crippen molar-refractivity contribution >= 4 is 60.7 Å². The van der Waals surface area contributed by atoms with Crippen LogP contribution in [0.5, 0.6) is 0 Å². The van der Waals surface area contributed by atoms with Crippen LogP contribution in [0.2, 0.25) is 0 Å². The number of hydrogen-bond donors (Lipinski definition) is 0. The molecule has 0 aliphatic rings. The Kier molecular flexibility index (Phi) is 6.68. The van der Waals surface area contributed by atoms with Crippen molar-refractivity contribution < 1.29 is 9.53 Å². The fourth-order valence-electron chi connectivity index (χ4n) is 3.39. The molecule has 4 aromatic rings. The third kappa shape index (κ3) is 4.65. The molecule has 156 valence electrons. The van der Waals surface area contributed by atoms with Crippen LogP contribution in [-0.4, -0.2) is 15.5 Å². The smallest absolute Gasteiger partial charge is 0.344 e. The summed E-state index contributed by atoms with van der Waals surface area (Å²) in [7, 11) is 0. The van der Waals surface area contributed by atoms with E-state index in [9.17, 15) is 4.79 Å². The van der Waals surface area contributed by atoms with E-state index in [0.29, 0.717) is 15.8 Å². The zero-order valence-electron chi connectivity index (χ0n) is 16.9. The summed E-state index contributed by atoms with van der Waals surface area (Å²) in [5.74, 6) is 0.738. The Morgan fingerprint density at radius 3 is 2.23 bits per heavy atom. The van der Waals surface area contributed by atoms with E-state index >= 15 is 0 Å². The minimum atomic E-state index is -0.437. The number of rotatable bonds is 6. The average Bonchev–Trinajstić information content (AvgIpc) is 3.11. The molecule has 1 heterocycles. The van der Waals surface area contributed by atoms with E-state index in [2.05, 4.69) is 49.4 Å². The maximum absolute atomic E-state index is 13.0. The topological polar surface area (TPSA) is 44.1 Å². The summed E-state index contributed by atoms with van der Waals surface area (Å²) in [4.78, 5) is 17.8. The van der Waals surface area contributed by atoms with Gasteiger partial charge in [-0.15, -0.1) is 0 Å². The molecule has 31 heavy (non-hydrogen) atoms. The average molecular weight is 540 g/mol. The predicted molar refractivity (Wildman–Crippen MR) is 132 cm³/mol. The summed E-state index contributed by atoms with van der Waals surface area (Å²) in [5.41, 5.74) is 3.20. The Morgan fingerprint density at radius 1 is 0.935 bits per heavy atom. The molecule has 0 bridgehead atoms. The monoisotopic (exact) mass is 538 g/mol. The number of ether oxygens (including phenoxy) is 1. The number of benzene rings is 3. The molecule has 0 N–H and O–H groups in total. The lowest BCUT2D eigenvalue weighted by molar-refractivity contribution is 0.0692. The number of esters is 1. The molecule has 0 unspecified atom stereocenters. The number of carbonyl (C=O) groups is 1. The van der Waals surface area contributed by atoms with Crippen molar-refractivity contribution in [3.8, 4) is 0 Å². The van der Waals surface area contributed by atoms with Gasteiger partial charge in [-0.1, -0.05) is 65.3 Å². The van der Waals surface area contributed by atoms with Crippen LogP contribution in [0.25, 0.3) is 22.9 Å². The normalized spacial score (nSPS) is 11.6. The molecule has 0 spiro atoms. The van der Waals surface area contributed by atoms with Gasteiger partial charge in [-0.3, -0.25) is 0 Å². The molecule has 6 heteroatoms. The molecule has 0 atom stereocenters. The van der Waals surface area contributed by atoms with Crippen LogP contribution < -0.4 is 0 Å². The quantitative estimate of drug-likeness (QED) is 0.190. The van der Waals surface area contributed by atoms with E-state index < -0.39 is 5.97 Å². The van der Waals surface area contributed by atoms with Crippen LogP contribution in [0, 0.1) is 0 Å². The second-order valence-electron chi connectivity index (χ2n) is 6.97. The number of carbonyl (C=O) groups excluding carboxylic acids is 1. The first kappa shape index (κ1) is 21.5. The van der Waals surface area contributed by atoms with Crippen molar-refractivity contribution in [1.29, 1.82) is 0 Å². The SMILES string of the molecule is CCCn1c(C=C(OC(=O)c2ccccc2Br)c2ccccc2Br)nc2ccccc21. The van der Waals surface area contributed by atoms with E-state index in [-0.39, 0.29) is 0 Å². The molecule has 4 rings (SSSR count). The van der Waals surface area contributed by atoms with Crippen molar-refractivity contribution in [1.82, 2.24) is 9.55 Å². The van der Waals surface area contributed by atoms with Gasteiger partial charge in [0.2, 0.25) is 0 Å². The molecule has 0 amide bonds. The van der Waals surface area contributed by atoms with Crippen LogP contribution in [-0.2, 0) is 11.3 Å². The summed E-state index contributed by atoms with van der Waals surface area (Å²) in [6.45, 7) is 2.94. The van der Waals surface area contributed by atoms with Gasteiger partial charge in [-0.25, -0.2) is 9.78 Å². The predicted octanol–water partition coefficient (Wildman–Crippen LogP) is 7.33. The Bertz CT molecular complexity index is 1280. The van der Waals surface area contributed by atoms with E-state index in [4.69, 9.17) is 9.72 Å². The van der Waals surface area contributed by atoms with Crippen molar-refractivity contribution in [2.45, 2.75) is 19.9 Å². The van der Waals surface area contributed by atoms with E-state index in [1.54, 1.807) is 6.07 Å². The van der Waals surface area contributed by atoms with Crippen LogP contribution in [0.4, 0.5) is 0 Å². The van der Waals surface area contributed by atoms with Gasteiger partial charge in [-0.2, -0.15) is 0 Å². The lowest BCUT2D eigenvalue weighted by atomic mass is 10.1. The van der Waals surface area contributed by atoms with Gasteiger partial charge in [-0.05, 0) is 52.7 Å². The third-order valence-electron chi connectivity index (χ3n) is 4.83. The zero-order chi connectivity index (χ0) is 21.8. The molecule has 1 aromatic heterocycles. The maximum Gasteiger partial charge on any atom is 0.344 e. The highest BCUT2D eigenvalue weighted by Gasteiger charge is 2.18. The largest absolute Gasteiger partial charge is 0.422 e. The van der Waals surface area contributed by atoms with Crippen LogP contribution in [0.1, 0.15) is 35.1 Å². The van der Waals surface area contributed by atoms with Gasteiger partial charge >= 0.3 is 5.97 Å². The van der Waals surface area contributed by atoms with Gasteiger partial charge in [0, 0.05) is 27.1 Å². The van der Waals surface area contributed by atoms with Crippen LogP contribution in [0.15, 0.2) is 81.7 Å². The standard InChI is InChI=1S/C25H20Br2N2O2/c1-2-15-29-22-14-8-7-13-21(22)28-24(29)16-23(17-9-3-5-11-19(17)26)31-25(30)18-10-4-6-12-20(18)27/h3-14,16H,2,15H2,1H3. The number of aromatic nitrogens is 2. The van der Waals surface area contributed by atoms with E-state index in [1.165, 1.54) is 0 Å². The summed E-state index contributed by atoms with van der Waals surface area (Å²) < 4.78 is 9.60. The summed E-state index contributed by atoms with van der Waals surface area (Å²) in [6.07, 6.45) is 2.80. The van der Waals surface area contributed by atoms with E-state index in [1.807, 2.05) is 66.7 Å². The number of hydrogen-bond acceptors (Lipinski definition) is 3. The second kappa shape index (κ2) is 9.62. The van der Waals surface area contributed by atoms with Crippen molar-refractivity contribution in [3.63, 3.8) is 0 Å². The van der Waals surface area contributed by atoms with Crippen molar-refractivity contribution in [2.24, 2.45) is 0 Å². The molecule has 3 aromatic carbocycles. The summed E-state index contributed by atoms with van der Waals surface area (Å²) in [6, 6.07) is 22.9. The van der Waals surface area contributed by atoms with Gasteiger partial charge in [0.25, 0.3) is 0 Å². The Labute approximate surface area is 197 Å². The minimum absolute atomic E-state index is 0.431. The Hall–Kier alpha value is -2.70. The number of imidazole rings is 1. The molecule has 0 saturated heterocycles.